The van der Waals surface area contributed by atoms with Crippen molar-refractivity contribution in [2.24, 2.45) is 5.73 Å². The second-order valence-electron chi connectivity index (χ2n) is 2.98. The Kier molecular flexibility index (Phi) is 4.22. The molecule has 0 saturated heterocycles. The number of thiazole rings is 1. The van der Waals surface area contributed by atoms with Crippen LogP contribution in [0.4, 0.5) is 0 Å². The number of rotatable bonds is 4. The van der Waals surface area contributed by atoms with Crippen LogP contribution in [0.2, 0.25) is 0 Å². The van der Waals surface area contributed by atoms with E-state index in [2.05, 4.69) is 11.9 Å². The molecule has 0 aliphatic carbocycles. The molecule has 13 heavy (non-hydrogen) atoms. The van der Waals surface area contributed by atoms with Gasteiger partial charge in [-0.1, -0.05) is 6.92 Å². The van der Waals surface area contributed by atoms with Gasteiger partial charge in [0.2, 0.25) is 0 Å². The van der Waals surface area contributed by atoms with Gasteiger partial charge in [0.15, 0.2) is 0 Å². The summed E-state index contributed by atoms with van der Waals surface area (Å²) in [5, 5.41) is 1.21. The van der Waals surface area contributed by atoms with Gasteiger partial charge in [-0.05, 0) is 19.6 Å². The quantitative estimate of drug-likeness (QED) is 0.841. The van der Waals surface area contributed by atoms with Crippen LogP contribution in [0.25, 0.3) is 0 Å². The van der Waals surface area contributed by atoms with Crippen LogP contribution in [0.15, 0.2) is 0 Å². The Morgan fingerprint density at radius 1 is 1.62 bits per heavy atom. The Bertz CT molecular complexity index is 269. The fourth-order valence-electron chi connectivity index (χ4n) is 1.14. The van der Waals surface area contributed by atoms with Crippen LogP contribution in [0.1, 0.15) is 35.5 Å². The van der Waals surface area contributed by atoms with Gasteiger partial charge in [0.25, 0.3) is 0 Å². The van der Waals surface area contributed by atoms with Crippen LogP contribution in [-0.2, 0) is 5.75 Å². The lowest BCUT2D eigenvalue weighted by Crippen LogP contribution is -2.03. The maximum Gasteiger partial charge on any atom is 0.103 e. The largest absolute Gasteiger partial charge is 0.323 e. The lowest BCUT2D eigenvalue weighted by Gasteiger charge is -1.99. The summed E-state index contributed by atoms with van der Waals surface area (Å²) in [5.74, 6) is 2.17. The molecule has 2 nitrogen and oxygen atoms in total. The molecule has 74 valence electrons. The van der Waals surface area contributed by atoms with Crippen LogP contribution >= 0.6 is 23.1 Å². The number of thioether (sulfide) groups is 1. The van der Waals surface area contributed by atoms with Gasteiger partial charge in [0.1, 0.15) is 5.01 Å². The molecule has 1 aromatic heterocycles. The smallest absolute Gasteiger partial charge is 0.103 e. The zero-order valence-electron chi connectivity index (χ0n) is 8.33. The molecular weight excluding hydrogens is 200 g/mol. The lowest BCUT2D eigenvalue weighted by atomic mass is 10.2. The SMILES string of the molecule is CCSCc1nc(C)c(C(C)N)s1. The fraction of sp³-hybridized carbons (Fsp3) is 0.667. The third-order valence-corrected chi connectivity index (χ3v) is 4.15. The third-order valence-electron chi connectivity index (χ3n) is 1.72. The van der Waals surface area contributed by atoms with E-state index in [9.17, 15) is 0 Å². The maximum absolute atomic E-state index is 5.82. The number of hydrogen-bond acceptors (Lipinski definition) is 4. The second-order valence-corrected chi connectivity index (χ2v) is 5.37. The van der Waals surface area contributed by atoms with E-state index in [1.54, 1.807) is 11.3 Å². The van der Waals surface area contributed by atoms with Crippen LogP contribution in [0, 0.1) is 6.92 Å². The molecule has 0 aliphatic rings. The highest BCUT2D eigenvalue weighted by atomic mass is 32.2. The number of nitrogens with two attached hydrogens (primary N) is 1. The van der Waals surface area contributed by atoms with Crippen molar-refractivity contribution in [1.82, 2.24) is 4.98 Å². The van der Waals surface area contributed by atoms with Crippen molar-refractivity contribution in [1.29, 1.82) is 0 Å². The highest BCUT2D eigenvalue weighted by Crippen LogP contribution is 2.25. The molecule has 0 aliphatic heterocycles. The minimum atomic E-state index is 0.123. The summed E-state index contributed by atoms with van der Waals surface area (Å²) in [6.45, 7) is 6.21. The number of aryl methyl sites for hydroxylation is 1. The highest BCUT2D eigenvalue weighted by Gasteiger charge is 2.10. The summed E-state index contributed by atoms with van der Waals surface area (Å²) >= 11 is 3.65. The summed E-state index contributed by atoms with van der Waals surface area (Å²) in [6.07, 6.45) is 0. The molecule has 0 aromatic carbocycles. The van der Waals surface area contributed by atoms with Crippen molar-refractivity contribution >= 4 is 23.1 Å². The summed E-state index contributed by atoms with van der Waals surface area (Å²) in [5.41, 5.74) is 6.92. The molecule has 0 radical (unpaired) electrons. The van der Waals surface area contributed by atoms with Crippen LogP contribution in [0.3, 0.4) is 0 Å². The summed E-state index contributed by atoms with van der Waals surface area (Å²) < 4.78 is 0. The number of hydrogen-bond donors (Lipinski definition) is 1. The van der Waals surface area contributed by atoms with E-state index in [-0.39, 0.29) is 6.04 Å². The van der Waals surface area contributed by atoms with Crippen molar-refractivity contribution < 1.29 is 0 Å². The Morgan fingerprint density at radius 2 is 2.31 bits per heavy atom. The van der Waals surface area contributed by atoms with Crippen LogP contribution in [-0.4, -0.2) is 10.7 Å². The Balaban J connectivity index is 2.71. The monoisotopic (exact) mass is 216 g/mol. The summed E-state index contributed by atoms with van der Waals surface area (Å²) in [6, 6.07) is 0.123. The first-order valence-electron chi connectivity index (χ1n) is 4.44. The molecule has 1 atom stereocenters. The molecule has 0 fully saturated rings. The first-order valence-corrected chi connectivity index (χ1v) is 6.41. The molecule has 1 unspecified atom stereocenters. The molecular formula is C9H16N2S2. The van der Waals surface area contributed by atoms with E-state index in [4.69, 9.17) is 5.73 Å². The van der Waals surface area contributed by atoms with E-state index in [1.807, 2.05) is 25.6 Å². The minimum absolute atomic E-state index is 0.123. The summed E-state index contributed by atoms with van der Waals surface area (Å²) in [4.78, 5) is 5.72. The fourth-order valence-corrected chi connectivity index (χ4v) is 2.88. The van der Waals surface area contributed by atoms with Crippen LogP contribution in [0.5, 0.6) is 0 Å². The van der Waals surface area contributed by atoms with Gasteiger partial charge >= 0.3 is 0 Å². The predicted octanol–water partition coefficient (Wildman–Crippen LogP) is 2.72. The average Bonchev–Trinajstić information content (AvgIpc) is 2.43. The van der Waals surface area contributed by atoms with Crippen molar-refractivity contribution in [2.45, 2.75) is 32.6 Å². The van der Waals surface area contributed by atoms with E-state index in [1.165, 1.54) is 9.88 Å². The Labute approximate surface area is 87.9 Å². The molecule has 1 heterocycles. The second kappa shape index (κ2) is 4.98. The molecule has 0 amide bonds. The molecule has 0 bridgehead atoms. The van der Waals surface area contributed by atoms with Crippen LogP contribution < -0.4 is 5.73 Å². The lowest BCUT2D eigenvalue weighted by molar-refractivity contribution is 0.825. The molecule has 1 rings (SSSR count). The molecule has 2 N–H and O–H groups in total. The van der Waals surface area contributed by atoms with Gasteiger partial charge in [-0.15, -0.1) is 11.3 Å². The van der Waals surface area contributed by atoms with E-state index in [0.717, 1.165) is 17.2 Å². The van der Waals surface area contributed by atoms with Crippen molar-refractivity contribution in [3.63, 3.8) is 0 Å². The average molecular weight is 216 g/mol. The van der Waals surface area contributed by atoms with Gasteiger partial charge in [0.05, 0.1) is 5.69 Å². The van der Waals surface area contributed by atoms with E-state index < -0.39 is 0 Å². The normalized spacial score (nSPS) is 13.2. The molecule has 0 spiro atoms. The zero-order chi connectivity index (χ0) is 9.84. The first-order chi connectivity index (χ1) is 6.15. The van der Waals surface area contributed by atoms with E-state index >= 15 is 0 Å². The highest BCUT2D eigenvalue weighted by molar-refractivity contribution is 7.98. The van der Waals surface area contributed by atoms with Gasteiger partial charge < -0.3 is 5.73 Å². The first kappa shape index (κ1) is 11.0. The number of nitrogens with zero attached hydrogens (tertiary/aromatic N) is 1. The van der Waals surface area contributed by atoms with Gasteiger partial charge in [-0.2, -0.15) is 11.8 Å². The van der Waals surface area contributed by atoms with Gasteiger partial charge in [-0.3, -0.25) is 0 Å². The Morgan fingerprint density at radius 3 is 2.77 bits per heavy atom. The van der Waals surface area contributed by atoms with Crippen molar-refractivity contribution in [3.05, 3.63) is 15.6 Å². The van der Waals surface area contributed by atoms with E-state index in [0.29, 0.717) is 0 Å². The molecule has 4 heteroatoms. The minimum Gasteiger partial charge on any atom is -0.323 e. The third kappa shape index (κ3) is 2.97. The molecule has 0 saturated carbocycles. The molecule has 1 aromatic rings. The number of aromatic nitrogens is 1. The van der Waals surface area contributed by atoms with Gasteiger partial charge in [0, 0.05) is 16.7 Å². The maximum atomic E-state index is 5.82. The Hall–Kier alpha value is -0.0600. The predicted molar refractivity (Wildman–Crippen MR) is 61.3 cm³/mol. The topological polar surface area (TPSA) is 38.9 Å². The van der Waals surface area contributed by atoms with Gasteiger partial charge in [-0.25, -0.2) is 4.98 Å². The zero-order valence-corrected chi connectivity index (χ0v) is 9.97. The summed E-state index contributed by atoms with van der Waals surface area (Å²) in [7, 11) is 0. The van der Waals surface area contributed by atoms with Crippen molar-refractivity contribution in [3.8, 4) is 0 Å². The standard InChI is InChI=1S/C9H16N2S2/c1-4-12-5-8-11-7(3)9(13-8)6(2)10/h6H,4-5,10H2,1-3H3. The van der Waals surface area contributed by atoms with Crippen molar-refractivity contribution in [2.75, 3.05) is 5.75 Å².